The molecule has 1 saturated carbocycles. The van der Waals surface area contributed by atoms with Crippen LogP contribution in [0.2, 0.25) is 5.02 Å². The second kappa shape index (κ2) is 10.9. The van der Waals surface area contributed by atoms with E-state index < -0.39 is 0 Å². The molecular formula is C28H30ClFN4O2. The van der Waals surface area contributed by atoms with E-state index in [4.69, 9.17) is 26.3 Å². The summed E-state index contributed by atoms with van der Waals surface area (Å²) in [4.78, 5) is 26.8. The highest BCUT2D eigenvalue weighted by Gasteiger charge is 2.32. The highest BCUT2D eigenvalue weighted by Crippen LogP contribution is 2.33. The van der Waals surface area contributed by atoms with E-state index in [-0.39, 0.29) is 30.7 Å². The van der Waals surface area contributed by atoms with E-state index in [0.29, 0.717) is 48.3 Å². The number of ether oxygens (including phenoxy) is 1. The summed E-state index contributed by atoms with van der Waals surface area (Å²) in [7, 11) is 1.62. The quantitative estimate of drug-likeness (QED) is 0.443. The lowest BCUT2D eigenvalue weighted by atomic mass is 9.84. The van der Waals surface area contributed by atoms with Crippen LogP contribution < -0.4 is 4.90 Å². The minimum atomic E-state index is -0.361. The lowest BCUT2D eigenvalue weighted by Gasteiger charge is -2.39. The van der Waals surface area contributed by atoms with Gasteiger partial charge in [-0.25, -0.2) is 14.4 Å². The smallest absolute Gasteiger partial charge is 0.225 e. The molecule has 1 aliphatic heterocycles. The van der Waals surface area contributed by atoms with Gasteiger partial charge in [-0.15, -0.1) is 0 Å². The molecule has 2 aromatic carbocycles. The average molecular weight is 509 g/mol. The van der Waals surface area contributed by atoms with Crippen LogP contribution in [0.5, 0.6) is 0 Å². The van der Waals surface area contributed by atoms with Crippen LogP contribution in [0.4, 0.5) is 10.2 Å². The second-order valence-corrected chi connectivity index (χ2v) is 9.82. The lowest BCUT2D eigenvalue weighted by molar-refractivity contribution is -0.138. The van der Waals surface area contributed by atoms with Gasteiger partial charge in [-0.3, -0.25) is 4.79 Å². The molecule has 0 atom stereocenters. The molecule has 188 valence electrons. The Morgan fingerprint density at radius 2 is 1.78 bits per heavy atom. The second-order valence-electron chi connectivity index (χ2n) is 9.41. The molecule has 3 aromatic rings. The summed E-state index contributed by atoms with van der Waals surface area (Å²) in [5.74, 6) is 1.43. The fourth-order valence-electron chi connectivity index (χ4n) is 4.86. The monoisotopic (exact) mass is 508 g/mol. The van der Waals surface area contributed by atoms with Gasteiger partial charge in [0.2, 0.25) is 5.91 Å². The Kier molecular flexibility index (Phi) is 7.48. The third kappa shape index (κ3) is 5.08. The van der Waals surface area contributed by atoms with E-state index in [9.17, 15) is 9.18 Å². The van der Waals surface area contributed by atoms with Gasteiger partial charge in [0, 0.05) is 67.3 Å². The van der Waals surface area contributed by atoms with Crippen LogP contribution in [0.15, 0.2) is 48.5 Å². The zero-order valence-electron chi connectivity index (χ0n) is 20.4. The normalized spacial score (nSPS) is 16.2. The maximum atomic E-state index is 14.8. The third-order valence-electron chi connectivity index (χ3n) is 7.14. The van der Waals surface area contributed by atoms with Crippen LogP contribution in [0.1, 0.15) is 36.1 Å². The number of rotatable bonds is 7. The van der Waals surface area contributed by atoms with Crippen LogP contribution >= 0.6 is 11.6 Å². The number of nitrogens with zero attached hydrogens (tertiary/aromatic N) is 4. The molecule has 0 N–H and O–H groups in total. The van der Waals surface area contributed by atoms with E-state index in [2.05, 4.69) is 4.90 Å². The van der Waals surface area contributed by atoms with Gasteiger partial charge in [0.25, 0.3) is 0 Å². The van der Waals surface area contributed by atoms with Gasteiger partial charge in [-0.1, -0.05) is 54.4 Å². The van der Waals surface area contributed by atoms with Gasteiger partial charge in [-0.05, 0) is 25.0 Å². The van der Waals surface area contributed by atoms with Crippen LogP contribution in [0, 0.1) is 11.7 Å². The maximum absolute atomic E-state index is 14.8. The molecule has 1 saturated heterocycles. The first-order chi connectivity index (χ1) is 17.5. The van der Waals surface area contributed by atoms with E-state index in [1.807, 2.05) is 35.2 Å². The minimum Gasteiger partial charge on any atom is -0.378 e. The van der Waals surface area contributed by atoms with Gasteiger partial charge in [-0.2, -0.15) is 0 Å². The van der Waals surface area contributed by atoms with Crippen molar-refractivity contribution in [2.45, 2.75) is 32.3 Å². The molecule has 0 bridgehead atoms. The minimum absolute atomic E-state index is 0.187. The van der Waals surface area contributed by atoms with E-state index in [1.54, 1.807) is 19.2 Å². The summed E-state index contributed by atoms with van der Waals surface area (Å²) in [5, 5.41) is 0.368. The van der Waals surface area contributed by atoms with E-state index in [1.165, 1.54) is 6.07 Å². The van der Waals surface area contributed by atoms with Gasteiger partial charge in [0.15, 0.2) is 5.82 Å². The number of benzene rings is 2. The molecule has 0 spiro atoms. The van der Waals surface area contributed by atoms with Crippen molar-refractivity contribution in [1.82, 2.24) is 14.9 Å². The molecule has 0 unspecified atom stereocenters. The van der Waals surface area contributed by atoms with Crippen molar-refractivity contribution >= 4 is 23.3 Å². The summed E-state index contributed by atoms with van der Waals surface area (Å²) in [6.07, 6.45) is 3.39. The maximum Gasteiger partial charge on any atom is 0.225 e. The predicted octanol–water partition coefficient (Wildman–Crippen LogP) is 5.12. The Labute approximate surface area is 216 Å². The van der Waals surface area contributed by atoms with Gasteiger partial charge in [0.05, 0.1) is 12.3 Å². The molecule has 8 heteroatoms. The molecule has 1 aromatic heterocycles. The Bertz CT molecular complexity index is 1210. The number of piperazine rings is 1. The number of methoxy groups -OCH3 is 1. The van der Waals surface area contributed by atoms with Gasteiger partial charge < -0.3 is 14.5 Å². The van der Waals surface area contributed by atoms with Gasteiger partial charge in [0.1, 0.15) is 11.6 Å². The average Bonchev–Trinajstić information content (AvgIpc) is 2.86. The number of hydrogen-bond donors (Lipinski definition) is 0. The molecule has 6 nitrogen and oxygen atoms in total. The molecule has 1 amide bonds. The third-order valence-corrected chi connectivity index (χ3v) is 7.50. The van der Waals surface area contributed by atoms with Gasteiger partial charge >= 0.3 is 0 Å². The molecule has 2 fully saturated rings. The first-order valence-electron chi connectivity index (χ1n) is 12.5. The Morgan fingerprint density at radius 1 is 1.03 bits per heavy atom. The highest BCUT2D eigenvalue weighted by molar-refractivity contribution is 6.31. The Balaban J connectivity index is 1.53. The summed E-state index contributed by atoms with van der Waals surface area (Å²) >= 11 is 6.41. The van der Waals surface area contributed by atoms with E-state index >= 15 is 0 Å². The molecular weight excluding hydrogens is 479 g/mol. The fraction of sp³-hybridized carbons (Fsp3) is 0.393. The van der Waals surface area contributed by atoms with Crippen molar-refractivity contribution in [2.75, 3.05) is 38.2 Å². The molecule has 5 rings (SSSR count). The molecule has 2 heterocycles. The summed E-state index contributed by atoms with van der Waals surface area (Å²) < 4.78 is 20.3. The molecule has 0 radical (unpaired) electrons. The largest absolute Gasteiger partial charge is 0.378 e. The number of carbonyl (C=O) groups is 1. The zero-order valence-corrected chi connectivity index (χ0v) is 21.2. The number of hydrogen-bond acceptors (Lipinski definition) is 5. The topological polar surface area (TPSA) is 58.6 Å². The highest BCUT2D eigenvalue weighted by atomic mass is 35.5. The number of anilines is 1. The first kappa shape index (κ1) is 24.7. The standard InChI is InChI=1S/C28H30ClFN4O2/c1-36-18-25-22(17-21-23(29)11-6-12-24(21)30)27(32-26(31-25)19-7-3-2-4-8-19)33-13-15-34(16-14-33)28(35)20-9-5-10-20/h2-4,6-8,11-12,20H,5,9-10,13-18H2,1H3. The summed E-state index contributed by atoms with van der Waals surface area (Å²) in [6, 6.07) is 14.5. The summed E-state index contributed by atoms with van der Waals surface area (Å²) in [6.45, 7) is 2.83. The van der Waals surface area contributed by atoms with Crippen LogP contribution in [-0.4, -0.2) is 54.1 Å². The van der Waals surface area contributed by atoms with Crippen molar-refractivity contribution in [1.29, 1.82) is 0 Å². The summed E-state index contributed by atoms with van der Waals surface area (Å²) in [5.41, 5.74) is 2.80. The number of amides is 1. The number of halogens is 2. The van der Waals surface area contributed by atoms with Crippen molar-refractivity contribution in [3.8, 4) is 11.4 Å². The van der Waals surface area contributed by atoms with Crippen molar-refractivity contribution < 1.29 is 13.9 Å². The Hall–Kier alpha value is -3.03. The predicted molar refractivity (Wildman–Crippen MR) is 139 cm³/mol. The number of carbonyl (C=O) groups excluding carboxylic acids is 1. The van der Waals surface area contributed by atoms with Crippen LogP contribution in [0.3, 0.4) is 0 Å². The molecule has 1 aliphatic carbocycles. The van der Waals surface area contributed by atoms with E-state index in [0.717, 1.165) is 36.2 Å². The Morgan fingerprint density at radius 3 is 2.42 bits per heavy atom. The van der Waals surface area contributed by atoms with Crippen molar-refractivity contribution in [2.24, 2.45) is 5.92 Å². The molecule has 36 heavy (non-hydrogen) atoms. The van der Waals surface area contributed by atoms with Crippen molar-refractivity contribution in [3.05, 3.63) is 76.2 Å². The molecule has 2 aliphatic rings. The lowest BCUT2D eigenvalue weighted by Crippen LogP contribution is -2.51. The first-order valence-corrected chi connectivity index (χ1v) is 12.8. The van der Waals surface area contributed by atoms with Crippen LogP contribution in [-0.2, 0) is 22.6 Å². The SMILES string of the molecule is COCc1nc(-c2ccccc2)nc(N2CCN(C(=O)C3CCC3)CC2)c1Cc1c(F)cccc1Cl. The zero-order chi connectivity index (χ0) is 25.1. The number of aromatic nitrogens is 2. The van der Waals surface area contributed by atoms with Crippen molar-refractivity contribution in [3.63, 3.8) is 0 Å². The van der Waals surface area contributed by atoms with Crippen LogP contribution in [0.25, 0.3) is 11.4 Å². The fourth-order valence-corrected chi connectivity index (χ4v) is 5.09.